The van der Waals surface area contributed by atoms with Crippen LogP contribution in [0, 0.1) is 20.8 Å². The van der Waals surface area contributed by atoms with Crippen LogP contribution in [0.1, 0.15) is 37.2 Å². The van der Waals surface area contributed by atoms with Crippen LogP contribution in [0.4, 0.5) is 0 Å². The van der Waals surface area contributed by atoms with E-state index >= 15 is 0 Å². The minimum absolute atomic E-state index is 0.0518. The molecule has 2 heterocycles. The first-order valence-corrected chi connectivity index (χ1v) is 10.8. The molecule has 0 aliphatic carbocycles. The van der Waals surface area contributed by atoms with E-state index in [2.05, 4.69) is 9.97 Å². The quantitative estimate of drug-likeness (QED) is 0.581. The summed E-state index contributed by atoms with van der Waals surface area (Å²) in [5.74, 6) is 0.190. The number of carbonyl (C=O) groups is 1. The summed E-state index contributed by atoms with van der Waals surface area (Å²) in [6.07, 6.45) is 0.526. The van der Waals surface area contributed by atoms with Crippen LogP contribution in [-0.2, 0) is 14.6 Å². The van der Waals surface area contributed by atoms with E-state index in [0.29, 0.717) is 18.1 Å². The zero-order chi connectivity index (χ0) is 18.1. The van der Waals surface area contributed by atoms with E-state index in [4.69, 9.17) is 0 Å². The lowest BCUT2D eigenvalue weighted by Crippen LogP contribution is -2.44. The van der Waals surface area contributed by atoms with Crippen LogP contribution in [0.15, 0.2) is 5.16 Å². The second kappa shape index (κ2) is 7.39. The van der Waals surface area contributed by atoms with Crippen molar-refractivity contribution in [3.63, 3.8) is 0 Å². The van der Waals surface area contributed by atoms with Crippen molar-refractivity contribution >= 4 is 27.5 Å². The summed E-state index contributed by atoms with van der Waals surface area (Å²) >= 11 is 1.33. The third-order valence-electron chi connectivity index (χ3n) is 4.51. The minimum Gasteiger partial charge on any atom is -0.338 e. The Bertz CT molecular complexity index is 711. The van der Waals surface area contributed by atoms with Crippen molar-refractivity contribution in [1.29, 1.82) is 0 Å². The molecule has 24 heavy (non-hydrogen) atoms. The highest BCUT2D eigenvalue weighted by Crippen LogP contribution is 2.25. The van der Waals surface area contributed by atoms with Crippen LogP contribution < -0.4 is 0 Å². The van der Waals surface area contributed by atoms with Gasteiger partial charge >= 0.3 is 0 Å². The molecule has 1 fully saturated rings. The predicted octanol–water partition coefficient (Wildman–Crippen LogP) is 1.92. The molecular formula is C16H25N3O3S2. The Balaban J connectivity index is 2.10. The SMILES string of the molecule is CCN(C(=O)[C@@H](C)Sc1nc(C)c(C)c(C)n1)[C@@H]1CCS(=O)(=O)C1. The summed E-state index contributed by atoms with van der Waals surface area (Å²) in [6.45, 7) is 10.1. The van der Waals surface area contributed by atoms with Gasteiger partial charge in [-0.1, -0.05) is 11.8 Å². The van der Waals surface area contributed by atoms with Gasteiger partial charge in [-0.25, -0.2) is 18.4 Å². The summed E-state index contributed by atoms with van der Waals surface area (Å²) in [6, 6.07) is -0.210. The predicted molar refractivity (Wildman–Crippen MR) is 96.0 cm³/mol. The average Bonchev–Trinajstić information content (AvgIpc) is 2.85. The number of aromatic nitrogens is 2. The summed E-state index contributed by atoms with van der Waals surface area (Å²) in [4.78, 5) is 23.4. The van der Waals surface area contributed by atoms with Crippen molar-refractivity contribution in [1.82, 2.24) is 14.9 Å². The van der Waals surface area contributed by atoms with Gasteiger partial charge in [0.25, 0.3) is 0 Å². The fraction of sp³-hybridized carbons (Fsp3) is 0.688. The molecule has 0 bridgehead atoms. The highest BCUT2D eigenvalue weighted by Gasteiger charge is 2.35. The van der Waals surface area contributed by atoms with E-state index in [1.807, 2.05) is 34.6 Å². The molecule has 6 nitrogen and oxygen atoms in total. The molecule has 2 atom stereocenters. The Kier molecular flexibility index (Phi) is 5.91. The highest BCUT2D eigenvalue weighted by atomic mass is 32.2. The van der Waals surface area contributed by atoms with Crippen molar-refractivity contribution < 1.29 is 13.2 Å². The highest BCUT2D eigenvalue weighted by molar-refractivity contribution is 8.00. The van der Waals surface area contributed by atoms with Gasteiger partial charge in [-0.2, -0.15) is 0 Å². The molecule has 1 aromatic heterocycles. The maximum absolute atomic E-state index is 12.8. The summed E-state index contributed by atoms with van der Waals surface area (Å²) in [5.41, 5.74) is 2.89. The van der Waals surface area contributed by atoms with Crippen molar-refractivity contribution in [2.24, 2.45) is 0 Å². The fourth-order valence-corrected chi connectivity index (χ4v) is 5.51. The number of nitrogens with zero attached hydrogens (tertiary/aromatic N) is 3. The number of sulfone groups is 1. The van der Waals surface area contributed by atoms with Crippen molar-refractivity contribution in [3.8, 4) is 0 Å². The lowest BCUT2D eigenvalue weighted by Gasteiger charge is -2.29. The van der Waals surface area contributed by atoms with Crippen LogP contribution in [0.25, 0.3) is 0 Å². The molecule has 1 aromatic rings. The van der Waals surface area contributed by atoms with Gasteiger partial charge in [0.2, 0.25) is 5.91 Å². The van der Waals surface area contributed by atoms with E-state index in [9.17, 15) is 13.2 Å². The first-order chi connectivity index (χ1) is 11.1. The largest absolute Gasteiger partial charge is 0.338 e. The van der Waals surface area contributed by atoms with Gasteiger partial charge in [0, 0.05) is 24.0 Å². The third kappa shape index (κ3) is 4.27. The lowest BCUT2D eigenvalue weighted by atomic mass is 10.2. The van der Waals surface area contributed by atoms with Crippen LogP contribution in [0.5, 0.6) is 0 Å². The first kappa shape index (κ1) is 19.2. The molecule has 8 heteroatoms. The smallest absolute Gasteiger partial charge is 0.236 e. The zero-order valence-corrected chi connectivity index (χ0v) is 16.5. The Morgan fingerprint density at radius 2 is 1.88 bits per heavy atom. The fourth-order valence-electron chi connectivity index (χ4n) is 2.85. The Morgan fingerprint density at radius 3 is 2.33 bits per heavy atom. The van der Waals surface area contributed by atoms with Gasteiger partial charge in [0.1, 0.15) is 0 Å². The average molecular weight is 372 g/mol. The van der Waals surface area contributed by atoms with Crippen LogP contribution >= 0.6 is 11.8 Å². The maximum atomic E-state index is 12.8. The maximum Gasteiger partial charge on any atom is 0.236 e. The molecule has 0 saturated carbocycles. The Hall–Kier alpha value is -1.15. The molecule has 0 N–H and O–H groups in total. The second-order valence-corrected chi connectivity index (χ2v) is 9.78. The first-order valence-electron chi connectivity index (χ1n) is 8.14. The molecule has 1 aliphatic heterocycles. The molecule has 1 amide bonds. The van der Waals surface area contributed by atoms with E-state index in [0.717, 1.165) is 17.0 Å². The van der Waals surface area contributed by atoms with E-state index < -0.39 is 9.84 Å². The number of hydrogen-bond donors (Lipinski definition) is 0. The minimum atomic E-state index is -3.01. The van der Waals surface area contributed by atoms with E-state index in [1.165, 1.54) is 11.8 Å². The number of amides is 1. The van der Waals surface area contributed by atoms with Crippen LogP contribution in [-0.4, -0.2) is 58.5 Å². The monoisotopic (exact) mass is 371 g/mol. The van der Waals surface area contributed by atoms with Crippen molar-refractivity contribution in [2.45, 2.75) is 57.5 Å². The van der Waals surface area contributed by atoms with Gasteiger partial charge in [-0.3, -0.25) is 4.79 Å². The number of hydrogen-bond acceptors (Lipinski definition) is 6. The molecule has 1 saturated heterocycles. The van der Waals surface area contributed by atoms with E-state index in [-0.39, 0.29) is 28.7 Å². The Morgan fingerprint density at radius 1 is 1.29 bits per heavy atom. The normalized spacial score (nSPS) is 20.8. The topological polar surface area (TPSA) is 80.2 Å². The van der Waals surface area contributed by atoms with Gasteiger partial charge in [0.05, 0.1) is 16.8 Å². The van der Waals surface area contributed by atoms with Crippen molar-refractivity contribution in [2.75, 3.05) is 18.1 Å². The molecule has 0 aromatic carbocycles. The molecule has 0 spiro atoms. The number of rotatable bonds is 5. The van der Waals surface area contributed by atoms with Gasteiger partial charge in [0.15, 0.2) is 15.0 Å². The summed E-state index contributed by atoms with van der Waals surface area (Å²) in [5, 5.41) is 0.237. The number of aryl methyl sites for hydroxylation is 2. The number of carbonyl (C=O) groups excluding carboxylic acids is 1. The van der Waals surface area contributed by atoms with Gasteiger partial charge in [-0.15, -0.1) is 0 Å². The zero-order valence-electron chi connectivity index (χ0n) is 14.9. The van der Waals surface area contributed by atoms with E-state index in [1.54, 1.807) is 4.90 Å². The molecule has 1 aliphatic rings. The number of thioether (sulfide) groups is 1. The molecule has 0 unspecified atom stereocenters. The molecular weight excluding hydrogens is 346 g/mol. The Labute approximate surface area is 148 Å². The lowest BCUT2D eigenvalue weighted by molar-refractivity contribution is -0.131. The molecule has 0 radical (unpaired) electrons. The van der Waals surface area contributed by atoms with Gasteiger partial charge < -0.3 is 4.90 Å². The van der Waals surface area contributed by atoms with Crippen LogP contribution in [0.2, 0.25) is 0 Å². The summed E-state index contributed by atoms with van der Waals surface area (Å²) in [7, 11) is -3.01. The second-order valence-electron chi connectivity index (χ2n) is 6.24. The summed E-state index contributed by atoms with van der Waals surface area (Å²) < 4.78 is 23.4. The van der Waals surface area contributed by atoms with Crippen molar-refractivity contribution in [3.05, 3.63) is 17.0 Å². The molecule has 2 rings (SSSR count). The standard InChI is InChI=1S/C16H25N3O3S2/c1-6-19(14-7-8-24(21,22)9-14)15(20)13(5)23-16-17-11(3)10(2)12(4)18-16/h13-14H,6-9H2,1-5H3/t13-,14-/m1/s1. The van der Waals surface area contributed by atoms with Crippen LogP contribution in [0.3, 0.4) is 0 Å². The molecule has 134 valence electrons. The third-order valence-corrected chi connectivity index (χ3v) is 7.21. The van der Waals surface area contributed by atoms with Gasteiger partial charge in [-0.05, 0) is 46.6 Å².